The number of fused-ring (bicyclic) bond motifs is 1. The highest BCUT2D eigenvalue weighted by Crippen LogP contribution is 2.19. The summed E-state index contributed by atoms with van der Waals surface area (Å²) in [4.78, 5) is 29.4. The van der Waals surface area contributed by atoms with Crippen molar-refractivity contribution in [2.75, 3.05) is 7.05 Å². The molecule has 0 saturated carbocycles. The van der Waals surface area contributed by atoms with Crippen LogP contribution in [0.2, 0.25) is 0 Å². The quantitative estimate of drug-likeness (QED) is 0.601. The zero-order valence-corrected chi connectivity index (χ0v) is 16.4. The van der Waals surface area contributed by atoms with E-state index >= 15 is 0 Å². The van der Waals surface area contributed by atoms with Gasteiger partial charge in [-0.2, -0.15) is 0 Å². The lowest BCUT2D eigenvalue weighted by atomic mass is 10.1. The van der Waals surface area contributed by atoms with Crippen LogP contribution in [0.3, 0.4) is 0 Å². The zero-order chi connectivity index (χ0) is 19.9. The lowest BCUT2D eigenvalue weighted by Crippen LogP contribution is -2.37. The molecular weight excluding hydrogens is 352 g/mol. The van der Waals surface area contributed by atoms with Gasteiger partial charge in [-0.05, 0) is 37.0 Å². The first-order valence-corrected chi connectivity index (χ1v) is 9.58. The van der Waals surface area contributed by atoms with Crippen molar-refractivity contribution in [1.29, 1.82) is 0 Å². The lowest BCUT2D eigenvalue weighted by molar-refractivity contribution is -0.158. The number of benzene rings is 2. The van der Waals surface area contributed by atoms with Gasteiger partial charge in [0.05, 0.1) is 0 Å². The number of hydrogen-bond acceptors (Lipinski definition) is 3. The van der Waals surface area contributed by atoms with Gasteiger partial charge < -0.3 is 14.6 Å². The minimum Gasteiger partial charge on any atom is -0.453 e. The minimum atomic E-state index is -0.783. The molecule has 5 nitrogen and oxygen atoms in total. The third-order valence-electron chi connectivity index (χ3n) is 4.80. The molecule has 3 aromatic rings. The molecule has 3 rings (SSSR count). The Morgan fingerprint density at radius 2 is 1.79 bits per heavy atom. The highest BCUT2D eigenvalue weighted by molar-refractivity contribution is 5.84. The molecule has 28 heavy (non-hydrogen) atoms. The van der Waals surface area contributed by atoms with Crippen molar-refractivity contribution in [3.05, 3.63) is 71.9 Å². The molecule has 146 valence electrons. The Balaban J connectivity index is 1.44. The molecule has 1 amide bonds. The molecule has 1 atom stereocenters. The van der Waals surface area contributed by atoms with Gasteiger partial charge in [0.2, 0.25) is 0 Å². The first-order chi connectivity index (χ1) is 13.5. The summed E-state index contributed by atoms with van der Waals surface area (Å²) in [7, 11) is 1.72. The lowest BCUT2D eigenvalue weighted by Gasteiger charge is -2.21. The summed E-state index contributed by atoms with van der Waals surface area (Å²) in [5.74, 6) is -0.539. The smallest absolute Gasteiger partial charge is 0.306 e. The van der Waals surface area contributed by atoms with Gasteiger partial charge in [-0.1, -0.05) is 48.5 Å². The summed E-state index contributed by atoms with van der Waals surface area (Å²) in [6, 6.07) is 17.8. The van der Waals surface area contributed by atoms with Crippen molar-refractivity contribution in [3.63, 3.8) is 0 Å². The number of para-hydroxylation sites is 1. The number of carbonyl (C=O) groups excluding carboxylic acids is 2. The van der Waals surface area contributed by atoms with Gasteiger partial charge in [-0.25, -0.2) is 0 Å². The number of aromatic nitrogens is 1. The van der Waals surface area contributed by atoms with Crippen molar-refractivity contribution in [3.8, 4) is 0 Å². The number of amides is 1. The number of hydrogen-bond donors (Lipinski definition) is 1. The predicted molar refractivity (Wildman–Crippen MR) is 110 cm³/mol. The van der Waals surface area contributed by atoms with Gasteiger partial charge in [-0.15, -0.1) is 0 Å². The van der Waals surface area contributed by atoms with Gasteiger partial charge in [0.15, 0.2) is 6.10 Å². The SMILES string of the molecule is CC(OC(=O)CCCc1c[nH]c2ccccc12)C(=O)N(C)Cc1ccccc1. The van der Waals surface area contributed by atoms with Crippen LogP contribution in [-0.2, 0) is 27.3 Å². The molecular formula is C23H26N2O3. The number of aryl methyl sites for hydroxylation is 1. The van der Waals surface area contributed by atoms with Crippen LogP contribution >= 0.6 is 0 Å². The van der Waals surface area contributed by atoms with E-state index < -0.39 is 6.10 Å². The highest BCUT2D eigenvalue weighted by atomic mass is 16.5. The highest BCUT2D eigenvalue weighted by Gasteiger charge is 2.21. The summed E-state index contributed by atoms with van der Waals surface area (Å²) in [6.45, 7) is 2.11. The van der Waals surface area contributed by atoms with Gasteiger partial charge in [0.25, 0.3) is 5.91 Å². The van der Waals surface area contributed by atoms with Crippen LogP contribution in [0.25, 0.3) is 10.9 Å². The third-order valence-corrected chi connectivity index (χ3v) is 4.80. The van der Waals surface area contributed by atoms with E-state index in [4.69, 9.17) is 4.74 Å². The summed E-state index contributed by atoms with van der Waals surface area (Å²) < 4.78 is 5.34. The second-order valence-electron chi connectivity index (χ2n) is 7.03. The van der Waals surface area contributed by atoms with Crippen molar-refractivity contribution in [2.45, 2.75) is 38.8 Å². The van der Waals surface area contributed by atoms with Crippen molar-refractivity contribution in [2.24, 2.45) is 0 Å². The molecule has 1 unspecified atom stereocenters. The van der Waals surface area contributed by atoms with Crippen LogP contribution in [0, 0.1) is 0 Å². The number of esters is 1. The van der Waals surface area contributed by atoms with Gasteiger partial charge >= 0.3 is 5.97 Å². The number of H-pyrrole nitrogens is 1. The van der Waals surface area contributed by atoms with Crippen molar-refractivity contribution < 1.29 is 14.3 Å². The van der Waals surface area contributed by atoms with E-state index in [1.807, 2.05) is 54.7 Å². The standard InChI is InChI=1S/C23H26N2O3/c1-17(23(27)25(2)16-18-9-4-3-5-10-18)28-22(26)14-8-11-19-15-24-21-13-7-6-12-20(19)21/h3-7,9-10,12-13,15,17,24H,8,11,14,16H2,1-2H3. The molecule has 2 aromatic carbocycles. The second-order valence-corrected chi connectivity index (χ2v) is 7.03. The first kappa shape index (κ1) is 19.7. The number of nitrogens with one attached hydrogen (secondary N) is 1. The Labute approximate surface area is 165 Å². The minimum absolute atomic E-state index is 0.200. The maximum Gasteiger partial charge on any atom is 0.306 e. The molecule has 0 aliphatic rings. The van der Waals surface area contributed by atoms with E-state index in [1.54, 1.807) is 18.9 Å². The molecule has 1 aromatic heterocycles. The Hall–Kier alpha value is -3.08. The Morgan fingerprint density at radius 1 is 1.07 bits per heavy atom. The number of carbonyl (C=O) groups is 2. The largest absolute Gasteiger partial charge is 0.453 e. The molecule has 0 fully saturated rings. The van der Waals surface area contributed by atoms with E-state index in [2.05, 4.69) is 11.1 Å². The molecule has 0 aliphatic heterocycles. The number of rotatable bonds is 8. The summed E-state index contributed by atoms with van der Waals surface area (Å²) in [6.07, 6.45) is 2.96. The van der Waals surface area contributed by atoms with Crippen LogP contribution in [0.1, 0.15) is 30.9 Å². The summed E-state index contributed by atoms with van der Waals surface area (Å²) >= 11 is 0. The molecule has 1 N–H and O–H groups in total. The fourth-order valence-electron chi connectivity index (χ4n) is 3.31. The molecule has 0 saturated heterocycles. The van der Waals surface area contributed by atoms with Crippen molar-refractivity contribution in [1.82, 2.24) is 9.88 Å². The van der Waals surface area contributed by atoms with Crippen LogP contribution in [-0.4, -0.2) is 34.9 Å². The second kappa shape index (κ2) is 9.22. The maximum absolute atomic E-state index is 12.4. The third kappa shape index (κ3) is 5.00. The average molecular weight is 378 g/mol. The molecule has 0 aliphatic carbocycles. The average Bonchev–Trinajstić information content (AvgIpc) is 3.11. The first-order valence-electron chi connectivity index (χ1n) is 9.58. The van der Waals surface area contributed by atoms with Gasteiger partial charge in [-0.3, -0.25) is 9.59 Å². The van der Waals surface area contributed by atoms with Crippen LogP contribution in [0.15, 0.2) is 60.8 Å². The van der Waals surface area contributed by atoms with E-state index in [9.17, 15) is 9.59 Å². The molecule has 5 heteroatoms. The number of aromatic amines is 1. The van der Waals surface area contributed by atoms with Gasteiger partial charge in [0, 0.05) is 37.1 Å². The summed E-state index contributed by atoms with van der Waals surface area (Å²) in [5.41, 5.74) is 3.33. The number of likely N-dealkylation sites (N-methyl/N-ethyl adjacent to an activating group) is 1. The number of ether oxygens (including phenoxy) is 1. The maximum atomic E-state index is 12.4. The Kier molecular flexibility index (Phi) is 6.48. The molecule has 0 spiro atoms. The van der Waals surface area contributed by atoms with Crippen LogP contribution in [0.5, 0.6) is 0 Å². The van der Waals surface area contributed by atoms with Crippen LogP contribution < -0.4 is 0 Å². The number of nitrogens with zero attached hydrogens (tertiary/aromatic N) is 1. The monoisotopic (exact) mass is 378 g/mol. The van der Waals surface area contributed by atoms with E-state index in [0.29, 0.717) is 19.4 Å². The normalized spacial score (nSPS) is 11.9. The van der Waals surface area contributed by atoms with Crippen molar-refractivity contribution >= 4 is 22.8 Å². The summed E-state index contributed by atoms with van der Waals surface area (Å²) in [5, 5.41) is 1.18. The zero-order valence-electron chi connectivity index (χ0n) is 16.4. The van der Waals surface area contributed by atoms with E-state index in [0.717, 1.165) is 17.5 Å². The topological polar surface area (TPSA) is 62.4 Å². The van der Waals surface area contributed by atoms with E-state index in [-0.39, 0.29) is 11.9 Å². The Bertz CT molecular complexity index is 933. The van der Waals surface area contributed by atoms with E-state index in [1.165, 1.54) is 10.9 Å². The predicted octanol–water partition coefficient (Wildman–Crippen LogP) is 4.08. The molecule has 0 bridgehead atoms. The van der Waals surface area contributed by atoms with Gasteiger partial charge in [0.1, 0.15) is 0 Å². The Morgan fingerprint density at radius 3 is 2.57 bits per heavy atom. The molecule has 0 radical (unpaired) electrons. The molecule has 1 heterocycles. The fraction of sp³-hybridized carbons (Fsp3) is 0.304. The van der Waals surface area contributed by atoms with Crippen LogP contribution in [0.4, 0.5) is 0 Å². The fourth-order valence-corrected chi connectivity index (χ4v) is 3.31.